The predicted octanol–water partition coefficient (Wildman–Crippen LogP) is 0.513. The number of nitrogens with two attached hydrogens (primary N) is 1. The highest BCUT2D eigenvalue weighted by Gasteiger charge is 2.19. The van der Waals surface area contributed by atoms with Crippen LogP contribution >= 0.6 is 0 Å². The van der Waals surface area contributed by atoms with Gasteiger partial charge in [0.05, 0.1) is 0 Å². The zero-order valence-corrected chi connectivity index (χ0v) is 7.29. The van der Waals surface area contributed by atoms with Crippen LogP contribution in [0.25, 0.3) is 0 Å². The van der Waals surface area contributed by atoms with Gasteiger partial charge < -0.3 is 16.3 Å². The van der Waals surface area contributed by atoms with Crippen molar-refractivity contribution in [1.82, 2.24) is 5.32 Å². The van der Waals surface area contributed by atoms with Crippen molar-refractivity contribution in [3.63, 3.8) is 0 Å². The molecule has 0 saturated heterocycles. The van der Waals surface area contributed by atoms with Crippen LogP contribution in [-0.2, 0) is 0 Å². The third kappa shape index (κ3) is 4.18. The van der Waals surface area contributed by atoms with Gasteiger partial charge in [-0.3, -0.25) is 0 Å². The number of hydrogen-bond acceptors (Lipinski definition) is 3. The van der Waals surface area contributed by atoms with E-state index in [1.807, 2.05) is 0 Å². The molecule has 0 bridgehead atoms. The molecule has 0 radical (unpaired) electrons. The van der Waals surface area contributed by atoms with Crippen LogP contribution in [0.2, 0.25) is 0 Å². The number of nitrogens with zero attached hydrogens (tertiary/aromatic N) is 1. The van der Waals surface area contributed by atoms with Crippen molar-refractivity contribution in [2.24, 2.45) is 16.8 Å². The Kier molecular flexibility index (Phi) is 3.87. The van der Waals surface area contributed by atoms with Crippen molar-refractivity contribution in [1.29, 1.82) is 0 Å². The lowest BCUT2D eigenvalue weighted by Gasteiger charge is -2.01. The van der Waals surface area contributed by atoms with Gasteiger partial charge >= 0.3 is 0 Å². The van der Waals surface area contributed by atoms with Crippen LogP contribution in [-0.4, -0.2) is 24.1 Å². The molecule has 1 aliphatic carbocycles. The molecule has 4 nitrogen and oxygen atoms in total. The molecule has 0 aromatic rings. The number of amidine groups is 1. The molecule has 1 saturated carbocycles. The van der Waals surface area contributed by atoms with Gasteiger partial charge in [0.15, 0.2) is 0 Å². The Labute approximate surface area is 72.8 Å². The highest BCUT2D eigenvalue weighted by molar-refractivity contribution is 5.79. The zero-order valence-electron chi connectivity index (χ0n) is 7.29. The quantitative estimate of drug-likeness (QED) is 0.179. The van der Waals surface area contributed by atoms with Gasteiger partial charge in [-0.25, -0.2) is 0 Å². The third-order valence-corrected chi connectivity index (χ3v) is 2.11. The number of nitrogens with one attached hydrogen (secondary N) is 1. The summed E-state index contributed by atoms with van der Waals surface area (Å²) in [6.45, 7) is 1.87. The minimum Gasteiger partial charge on any atom is -0.409 e. The Bertz CT molecular complexity index is 154. The third-order valence-electron chi connectivity index (χ3n) is 2.11. The van der Waals surface area contributed by atoms with Crippen LogP contribution in [0.3, 0.4) is 0 Å². The maximum Gasteiger partial charge on any atom is 0.140 e. The van der Waals surface area contributed by atoms with Gasteiger partial charge in [-0.15, -0.1) is 0 Å². The minimum atomic E-state index is 0.300. The van der Waals surface area contributed by atoms with Gasteiger partial charge in [0.1, 0.15) is 5.84 Å². The van der Waals surface area contributed by atoms with Gasteiger partial charge in [-0.05, 0) is 18.9 Å². The van der Waals surface area contributed by atoms with Crippen LogP contribution in [0.5, 0.6) is 0 Å². The summed E-state index contributed by atoms with van der Waals surface area (Å²) in [7, 11) is 0. The van der Waals surface area contributed by atoms with Crippen molar-refractivity contribution >= 4 is 5.84 Å². The molecule has 0 atom stereocenters. The number of hydrogen-bond donors (Lipinski definition) is 3. The molecular weight excluding hydrogens is 154 g/mol. The molecule has 1 rings (SSSR count). The molecule has 0 amide bonds. The molecule has 70 valence electrons. The molecule has 0 aromatic carbocycles. The van der Waals surface area contributed by atoms with Crippen molar-refractivity contribution < 1.29 is 5.21 Å². The van der Waals surface area contributed by atoms with Crippen LogP contribution in [0, 0.1) is 5.92 Å². The molecule has 0 unspecified atom stereocenters. The Morgan fingerprint density at radius 1 is 1.50 bits per heavy atom. The van der Waals surface area contributed by atoms with E-state index in [-0.39, 0.29) is 0 Å². The minimum absolute atomic E-state index is 0.300. The Morgan fingerprint density at radius 2 is 2.25 bits per heavy atom. The van der Waals surface area contributed by atoms with Crippen molar-refractivity contribution in [3.05, 3.63) is 0 Å². The van der Waals surface area contributed by atoms with Crippen molar-refractivity contribution in [3.8, 4) is 0 Å². The summed E-state index contributed by atoms with van der Waals surface area (Å²) in [6.07, 6.45) is 4.71. The van der Waals surface area contributed by atoms with Crippen LogP contribution in [0.15, 0.2) is 5.16 Å². The van der Waals surface area contributed by atoms with E-state index in [0.717, 1.165) is 19.0 Å². The average Bonchev–Trinajstić information content (AvgIpc) is 2.87. The smallest absolute Gasteiger partial charge is 0.140 e. The predicted molar refractivity (Wildman–Crippen MR) is 48.2 cm³/mol. The topological polar surface area (TPSA) is 70.6 Å². The molecule has 0 aliphatic heterocycles. The number of rotatable bonds is 6. The summed E-state index contributed by atoms with van der Waals surface area (Å²) in [6, 6.07) is 0. The Balaban J connectivity index is 1.81. The van der Waals surface area contributed by atoms with E-state index in [9.17, 15) is 0 Å². The SMILES string of the molecule is NC(CCNCCC1CC1)=NO. The molecular formula is C8H17N3O. The summed E-state index contributed by atoms with van der Waals surface area (Å²) in [5, 5.41) is 14.4. The summed E-state index contributed by atoms with van der Waals surface area (Å²) in [5.41, 5.74) is 5.29. The van der Waals surface area contributed by atoms with E-state index >= 15 is 0 Å². The molecule has 4 N–H and O–H groups in total. The summed E-state index contributed by atoms with van der Waals surface area (Å²) >= 11 is 0. The molecule has 0 heterocycles. The van der Waals surface area contributed by atoms with Crippen molar-refractivity contribution in [2.75, 3.05) is 13.1 Å². The Hall–Kier alpha value is -0.770. The Morgan fingerprint density at radius 3 is 2.83 bits per heavy atom. The van der Waals surface area contributed by atoms with E-state index in [1.165, 1.54) is 19.3 Å². The maximum absolute atomic E-state index is 8.22. The van der Waals surface area contributed by atoms with E-state index in [2.05, 4.69) is 10.5 Å². The molecule has 1 aliphatic rings. The second kappa shape index (κ2) is 4.98. The number of oxime groups is 1. The molecule has 4 heteroatoms. The molecule has 12 heavy (non-hydrogen) atoms. The molecule has 1 fully saturated rings. The lowest BCUT2D eigenvalue weighted by molar-refractivity contribution is 0.316. The standard InChI is InChI=1S/C8H17N3O/c9-8(11-12)4-6-10-5-3-7-1-2-7/h7,10,12H,1-6H2,(H2,9,11). The lowest BCUT2D eigenvalue weighted by atomic mass is 10.3. The monoisotopic (exact) mass is 171 g/mol. The van der Waals surface area contributed by atoms with Crippen LogP contribution in [0.4, 0.5) is 0 Å². The van der Waals surface area contributed by atoms with E-state index in [1.54, 1.807) is 0 Å². The molecule has 0 aromatic heterocycles. The van der Waals surface area contributed by atoms with Gasteiger partial charge in [-0.1, -0.05) is 18.0 Å². The summed E-state index contributed by atoms with van der Waals surface area (Å²) in [5.74, 6) is 1.27. The van der Waals surface area contributed by atoms with Gasteiger partial charge in [-0.2, -0.15) is 0 Å². The van der Waals surface area contributed by atoms with Crippen molar-refractivity contribution in [2.45, 2.75) is 25.7 Å². The summed E-state index contributed by atoms with van der Waals surface area (Å²) in [4.78, 5) is 0. The second-order valence-corrected chi connectivity index (χ2v) is 3.32. The van der Waals surface area contributed by atoms with E-state index < -0.39 is 0 Å². The first-order valence-corrected chi connectivity index (χ1v) is 4.50. The van der Waals surface area contributed by atoms with Gasteiger partial charge in [0, 0.05) is 13.0 Å². The fourth-order valence-corrected chi connectivity index (χ4v) is 1.10. The first kappa shape index (κ1) is 9.32. The zero-order chi connectivity index (χ0) is 8.81. The average molecular weight is 171 g/mol. The molecule has 0 spiro atoms. The van der Waals surface area contributed by atoms with E-state index in [0.29, 0.717) is 12.3 Å². The first-order chi connectivity index (χ1) is 5.83. The normalized spacial score (nSPS) is 18.2. The fraction of sp³-hybridized carbons (Fsp3) is 0.875. The van der Waals surface area contributed by atoms with Crippen LogP contribution in [0.1, 0.15) is 25.7 Å². The highest BCUT2D eigenvalue weighted by Crippen LogP contribution is 2.31. The van der Waals surface area contributed by atoms with Crippen LogP contribution < -0.4 is 11.1 Å². The fourth-order valence-electron chi connectivity index (χ4n) is 1.10. The second-order valence-electron chi connectivity index (χ2n) is 3.32. The maximum atomic E-state index is 8.22. The van der Waals surface area contributed by atoms with Gasteiger partial charge in [0.2, 0.25) is 0 Å². The largest absolute Gasteiger partial charge is 0.409 e. The lowest BCUT2D eigenvalue weighted by Crippen LogP contribution is -2.23. The summed E-state index contributed by atoms with van der Waals surface area (Å²) < 4.78 is 0. The highest BCUT2D eigenvalue weighted by atomic mass is 16.4. The van der Waals surface area contributed by atoms with Gasteiger partial charge in [0.25, 0.3) is 0 Å². The van der Waals surface area contributed by atoms with E-state index in [4.69, 9.17) is 10.9 Å². The first-order valence-electron chi connectivity index (χ1n) is 4.50.